The maximum absolute atomic E-state index is 14.5. The molecule has 0 spiro atoms. The van der Waals surface area contributed by atoms with Crippen LogP contribution in [-0.4, -0.2) is 31.2 Å². The second-order valence-electron chi connectivity index (χ2n) is 6.30. The largest absolute Gasteiger partial charge is 0.359 e. The van der Waals surface area contributed by atoms with Crippen LogP contribution in [0.2, 0.25) is 0 Å². The number of halogens is 1. The van der Waals surface area contributed by atoms with E-state index in [2.05, 4.69) is 26.1 Å². The first-order valence-corrected chi connectivity index (χ1v) is 9.18. The normalized spacial score (nSPS) is 11.2. The minimum absolute atomic E-state index is 0.0961. The monoisotopic (exact) mass is 394 g/mol. The van der Waals surface area contributed by atoms with Crippen molar-refractivity contribution in [3.05, 3.63) is 71.7 Å². The fourth-order valence-corrected chi connectivity index (χ4v) is 2.75. The van der Waals surface area contributed by atoms with E-state index in [-0.39, 0.29) is 11.8 Å². The van der Waals surface area contributed by atoms with Crippen LogP contribution < -0.4 is 16.0 Å². The van der Waals surface area contributed by atoms with Gasteiger partial charge in [0.1, 0.15) is 5.82 Å². The highest BCUT2D eigenvalue weighted by Crippen LogP contribution is 2.24. The minimum Gasteiger partial charge on any atom is -0.359 e. The van der Waals surface area contributed by atoms with E-state index in [1.54, 1.807) is 32.3 Å². The van der Waals surface area contributed by atoms with Gasteiger partial charge in [-0.3, -0.25) is 10.7 Å². The minimum atomic E-state index is -0.240. The molecule has 4 N–H and O–H groups in total. The van der Waals surface area contributed by atoms with Gasteiger partial charge in [0.05, 0.1) is 5.69 Å². The molecule has 3 aromatic rings. The van der Waals surface area contributed by atoms with Gasteiger partial charge in [0.15, 0.2) is 5.96 Å². The molecule has 29 heavy (non-hydrogen) atoms. The van der Waals surface area contributed by atoms with Crippen molar-refractivity contribution in [2.45, 2.75) is 12.8 Å². The summed E-state index contributed by atoms with van der Waals surface area (Å²) in [5.74, 6) is 0.520. The van der Waals surface area contributed by atoms with Gasteiger partial charge >= 0.3 is 0 Å². The molecule has 3 rings (SSSR count). The van der Waals surface area contributed by atoms with Crippen LogP contribution in [0.15, 0.2) is 64.1 Å². The lowest BCUT2D eigenvalue weighted by atomic mass is 10.0. The predicted octanol–water partition coefficient (Wildman–Crippen LogP) is 3.22. The van der Waals surface area contributed by atoms with Crippen molar-refractivity contribution >= 4 is 17.8 Å². The summed E-state index contributed by atoms with van der Waals surface area (Å²) in [7, 11) is 3.31. The van der Waals surface area contributed by atoms with Crippen LogP contribution in [0, 0.1) is 11.2 Å². The molecule has 0 aliphatic carbocycles. The molecular formula is C21H23FN6O. The van der Waals surface area contributed by atoms with E-state index in [4.69, 9.17) is 9.93 Å². The quantitative estimate of drug-likeness (QED) is 0.393. The van der Waals surface area contributed by atoms with E-state index in [1.165, 1.54) is 0 Å². The molecule has 8 heteroatoms. The molecule has 0 aliphatic heterocycles. The Morgan fingerprint density at radius 1 is 1.07 bits per heavy atom. The third-order valence-corrected chi connectivity index (χ3v) is 4.29. The Balaban J connectivity index is 1.64. The number of aliphatic imine (C=N–C) groups is 1. The van der Waals surface area contributed by atoms with Crippen molar-refractivity contribution in [3.63, 3.8) is 0 Å². The van der Waals surface area contributed by atoms with Gasteiger partial charge in [-0.1, -0.05) is 47.6 Å². The van der Waals surface area contributed by atoms with Crippen LogP contribution in [0.3, 0.4) is 0 Å². The highest BCUT2D eigenvalue weighted by atomic mass is 19.1. The molecule has 0 saturated carbocycles. The van der Waals surface area contributed by atoms with E-state index in [1.807, 2.05) is 36.4 Å². The van der Waals surface area contributed by atoms with Gasteiger partial charge in [-0.05, 0) is 30.0 Å². The molecule has 7 nitrogen and oxygen atoms in total. The number of nitrogens with one attached hydrogen (secondary N) is 4. The molecule has 0 amide bonds. The molecule has 0 saturated heterocycles. The van der Waals surface area contributed by atoms with E-state index in [0.717, 1.165) is 16.8 Å². The standard InChI is InChI=1S/C21H23FN6O/c1-24-20(23)27-21(25-2)26-19-13-16(28-29-19)10-8-14-9-11-17(18(22)12-14)15-6-4-3-5-7-15/h3-7,9,11-13H,8,10H2,1-2H3,(H4,23,24,25,26,27). The number of guanidine groups is 2. The van der Waals surface area contributed by atoms with E-state index in [0.29, 0.717) is 30.2 Å². The third-order valence-electron chi connectivity index (χ3n) is 4.29. The zero-order valence-corrected chi connectivity index (χ0v) is 16.3. The summed E-state index contributed by atoms with van der Waals surface area (Å²) in [5.41, 5.74) is 3.05. The predicted molar refractivity (Wildman–Crippen MR) is 112 cm³/mol. The number of hydrogen-bond acceptors (Lipinski definition) is 4. The number of aromatic nitrogens is 1. The van der Waals surface area contributed by atoms with Gasteiger partial charge in [0, 0.05) is 25.7 Å². The molecule has 0 unspecified atom stereocenters. The van der Waals surface area contributed by atoms with Gasteiger partial charge < -0.3 is 15.2 Å². The van der Waals surface area contributed by atoms with Crippen LogP contribution >= 0.6 is 0 Å². The van der Waals surface area contributed by atoms with E-state index >= 15 is 0 Å². The Hall–Kier alpha value is -3.68. The first kappa shape index (κ1) is 20.1. The molecule has 0 aliphatic rings. The average molecular weight is 394 g/mol. The van der Waals surface area contributed by atoms with Crippen LogP contribution in [-0.2, 0) is 12.8 Å². The van der Waals surface area contributed by atoms with Gasteiger partial charge in [-0.2, -0.15) is 4.99 Å². The second kappa shape index (κ2) is 9.50. The highest BCUT2D eigenvalue weighted by molar-refractivity contribution is 5.97. The van der Waals surface area contributed by atoms with Gasteiger partial charge in [0.25, 0.3) is 5.88 Å². The lowest BCUT2D eigenvalue weighted by Gasteiger charge is -2.08. The fourth-order valence-electron chi connectivity index (χ4n) is 2.75. The number of rotatable bonds is 5. The molecule has 2 aromatic carbocycles. The summed E-state index contributed by atoms with van der Waals surface area (Å²) in [6, 6.07) is 16.5. The van der Waals surface area contributed by atoms with Crippen LogP contribution in [0.5, 0.6) is 0 Å². The molecule has 0 bridgehead atoms. The van der Waals surface area contributed by atoms with Crippen molar-refractivity contribution in [3.8, 4) is 11.1 Å². The van der Waals surface area contributed by atoms with Gasteiger partial charge in [0.2, 0.25) is 5.96 Å². The molecule has 1 aromatic heterocycles. The van der Waals surface area contributed by atoms with E-state index < -0.39 is 0 Å². The zero-order chi connectivity index (χ0) is 20.6. The Bertz CT molecular complexity index is 999. The fraction of sp³-hybridized carbons (Fsp3) is 0.190. The first-order chi connectivity index (χ1) is 14.1. The topological polar surface area (TPSA) is 98.3 Å². The Morgan fingerprint density at radius 3 is 2.55 bits per heavy atom. The number of nitrogens with zero attached hydrogens (tertiary/aromatic N) is 2. The van der Waals surface area contributed by atoms with Crippen molar-refractivity contribution in [2.24, 2.45) is 4.99 Å². The summed E-state index contributed by atoms with van der Waals surface area (Å²) in [4.78, 5) is 4.22. The summed E-state index contributed by atoms with van der Waals surface area (Å²) in [6.45, 7) is 0. The molecule has 150 valence electrons. The van der Waals surface area contributed by atoms with Crippen molar-refractivity contribution < 1.29 is 8.91 Å². The second-order valence-corrected chi connectivity index (χ2v) is 6.30. The molecule has 0 radical (unpaired) electrons. The zero-order valence-electron chi connectivity index (χ0n) is 16.3. The highest BCUT2D eigenvalue weighted by Gasteiger charge is 2.09. The average Bonchev–Trinajstić information content (AvgIpc) is 3.19. The maximum atomic E-state index is 14.5. The molecule has 1 heterocycles. The smallest absolute Gasteiger partial charge is 0.253 e. The number of hydrogen-bond donors (Lipinski definition) is 4. The molecular weight excluding hydrogens is 371 g/mol. The van der Waals surface area contributed by atoms with E-state index in [9.17, 15) is 4.39 Å². The van der Waals surface area contributed by atoms with Crippen LogP contribution in [0.25, 0.3) is 11.1 Å². The van der Waals surface area contributed by atoms with Crippen LogP contribution in [0.1, 0.15) is 11.3 Å². The summed E-state index contributed by atoms with van der Waals surface area (Å²) in [5, 5.41) is 19.8. The Labute approximate surface area is 168 Å². The van der Waals surface area contributed by atoms with Gasteiger partial charge in [-0.25, -0.2) is 4.39 Å². The summed E-state index contributed by atoms with van der Waals surface area (Å²) < 4.78 is 19.7. The number of benzene rings is 2. The first-order valence-electron chi connectivity index (χ1n) is 9.18. The van der Waals surface area contributed by atoms with Crippen molar-refractivity contribution in [1.82, 2.24) is 21.1 Å². The lowest BCUT2D eigenvalue weighted by Crippen LogP contribution is -2.43. The maximum Gasteiger partial charge on any atom is 0.253 e. The SMILES string of the molecule is CNC(=N)NC(=Nc1cc(CCc2ccc(-c3ccccc3)c(F)c2)no1)NC. The summed E-state index contributed by atoms with van der Waals surface area (Å²) >= 11 is 0. The summed E-state index contributed by atoms with van der Waals surface area (Å²) in [6.07, 6.45) is 1.22. The Kier molecular flexibility index (Phi) is 6.57. The number of aryl methyl sites for hydroxylation is 2. The third kappa shape index (κ3) is 5.41. The molecule has 0 fully saturated rings. The Morgan fingerprint density at radius 2 is 1.86 bits per heavy atom. The lowest BCUT2D eigenvalue weighted by molar-refractivity contribution is 0.421. The van der Waals surface area contributed by atoms with Crippen molar-refractivity contribution in [1.29, 1.82) is 5.41 Å². The van der Waals surface area contributed by atoms with Crippen LogP contribution in [0.4, 0.5) is 10.3 Å². The molecule has 0 atom stereocenters. The van der Waals surface area contributed by atoms with Gasteiger partial charge in [-0.15, -0.1) is 0 Å². The van der Waals surface area contributed by atoms with Crippen molar-refractivity contribution in [2.75, 3.05) is 14.1 Å².